The van der Waals surface area contributed by atoms with Crippen LogP contribution in [0.1, 0.15) is 11.3 Å². The van der Waals surface area contributed by atoms with Gasteiger partial charge in [-0.1, -0.05) is 12.1 Å². The molecule has 126 valence electrons. The van der Waals surface area contributed by atoms with Gasteiger partial charge in [-0.05, 0) is 25.1 Å². The van der Waals surface area contributed by atoms with E-state index < -0.39 is 0 Å². The number of benzene rings is 1. The number of anilines is 1. The van der Waals surface area contributed by atoms with Crippen molar-refractivity contribution in [3.05, 3.63) is 45.9 Å². The summed E-state index contributed by atoms with van der Waals surface area (Å²) in [5.41, 5.74) is 1.60. The molecule has 2 aromatic rings. The number of fused-ring (bicyclic) bond motifs is 2. The van der Waals surface area contributed by atoms with E-state index in [2.05, 4.69) is 20.6 Å². The maximum absolute atomic E-state index is 12.2. The normalized spacial score (nSPS) is 19.2. The molecule has 3 heterocycles. The highest BCUT2D eigenvalue weighted by molar-refractivity contribution is 5.41. The second-order valence-corrected chi connectivity index (χ2v) is 5.97. The Balaban J connectivity index is 1.44. The largest absolute Gasteiger partial charge is 0.486 e. The standard InChI is InChI=1S/C17H20N4O3/c22-16-12-5-7-18-8-6-13(12)20-17(21-16)19-9-11-10-23-14-3-1-2-4-15(14)24-11/h1-4,11,18H,5-10H2,(H2,19,20,21,22). The number of hydrogen-bond donors (Lipinski definition) is 3. The fourth-order valence-corrected chi connectivity index (χ4v) is 3.01. The van der Waals surface area contributed by atoms with Crippen molar-refractivity contribution in [2.45, 2.75) is 18.9 Å². The van der Waals surface area contributed by atoms with Gasteiger partial charge in [0, 0.05) is 18.5 Å². The van der Waals surface area contributed by atoms with E-state index in [0.29, 0.717) is 25.5 Å². The monoisotopic (exact) mass is 328 g/mol. The minimum Gasteiger partial charge on any atom is -0.486 e. The number of H-pyrrole nitrogens is 1. The summed E-state index contributed by atoms with van der Waals surface area (Å²) >= 11 is 0. The van der Waals surface area contributed by atoms with E-state index in [1.54, 1.807) is 0 Å². The Morgan fingerprint density at radius 3 is 2.96 bits per heavy atom. The molecule has 3 N–H and O–H groups in total. The van der Waals surface area contributed by atoms with E-state index in [1.807, 2.05) is 24.3 Å². The van der Waals surface area contributed by atoms with Crippen molar-refractivity contribution in [3.8, 4) is 11.5 Å². The van der Waals surface area contributed by atoms with Crippen LogP contribution in [0.4, 0.5) is 5.95 Å². The van der Waals surface area contributed by atoms with Crippen LogP contribution in [0.3, 0.4) is 0 Å². The van der Waals surface area contributed by atoms with Crippen LogP contribution < -0.4 is 25.7 Å². The molecule has 2 aliphatic heterocycles. The van der Waals surface area contributed by atoms with Gasteiger partial charge in [0.15, 0.2) is 11.5 Å². The van der Waals surface area contributed by atoms with Gasteiger partial charge in [0.05, 0.1) is 12.2 Å². The molecule has 1 unspecified atom stereocenters. The summed E-state index contributed by atoms with van der Waals surface area (Å²) < 4.78 is 11.6. The molecule has 7 heteroatoms. The van der Waals surface area contributed by atoms with Crippen LogP contribution in [-0.4, -0.2) is 42.3 Å². The van der Waals surface area contributed by atoms with Crippen LogP contribution in [0.15, 0.2) is 29.1 Å². The second-order valence-electron chi connectivity index (χ2n) is 5.97. The predicted octanol–water partition coefficient (Wildman–Crippen LogP) is 0.710. The van der Waals surface area contributed by atoms with Gasteiger partial charge in [-0.25, -0.2) is 4.98 Å². The minimum atomic E-state index is -0.134. The van der Waals surface area contributed by atoms with Crippen molar-refractivity contribution in [2.75, 3.05) is 31.6 Å². The lowest BCUT2D eigenvalue weighted by atomic mass is 10.1. The zero-order chi connectivity index (χ0) is 16.4. The van der Waals surface area contributed by atoms with Gasteiger partial charge in [-0.3, -0.25) is 9.78 Å². The molecule has 24 heavy (non-hydrogen) atoms. The molecule has 0 saturated carbocycles. The molecule has 0 aliphatic carbocycles. The van der Waals surface area contributed by atoms with Gasteiger partial charge in [0.2, 0.25) is 5.95 Å². The maximum Gasteiger partial charge on any atom is 0.255 e. The topological polar surface area (TPSA) is 88.3 Å². The van der Waals surface area contributed by atoms with E-state index in [0.717, 1.165) is 42.3 Å². The summed E-state index contributed by atoms with van der Waals surface area (Å²) in [6, 6.07) is 7.60. The van der Waals surface area contributed by atoms with Crippen LogP contribution in [0.25, 0.3) is 0 Å². The van der Waals surface area contributed by atoms with Crippen molar-refractivity contribution in [1.82, 2.24) is 15.3 Å². The number of nitrogens with zero attached hydrogens (tertiary/aromatic N) is 1. The zero-order valence-corrected chi connectivity index (χ0v) is 13.3. The fourth-order valence-electron chi connectivity index (χ4n) is 3.01. The second kappa shape index (κ2) is 6.52. The Bertz CT molecular complexity index is 790. The Kier molecular flexibility index (Phi) is 4.08. The summed E-state index contributed by atoms with van der Waals surface area (Å²) in [6.45, 7) is 2.63. The molecule has 0 fully saturated rings. The molecule has 1 aromatic heterocycles. The third-order valence-electron chi connectivity index (χ3n) is 4.26. The lowest BCUT2D eigenvalue weighted by molar-refractivity contribution is 0.0996. The van der Waals surface area contributed by atoms with E-state index in [1.165, 1.54) is 0 Å². The van der Waals surface area contributed by atoms with E-state index in [9.17, 15) is 4.79 Å². The summed E-state index contributed by atoms with van der Waals surface area (Å²) in [6.07, 6.45) is 1.35. The molecule has 4 rings (SSSR count). The fraction of sp³-hybridized carbons (Fsp3) is 0.412. The Labute approximate surface area is 139 Å². The van der Waals surface area contributed by atoms with Gasteiger partial charge in [-0.2, -0.15) is 0 Å². The number of rotatable bonds is 3. The van der Waals surface area contributed by atoms with Crippen LogP contribution >= 0.6 is 0 Å². The third-order valence-corrected chi connectivity index (χ3v) is 4.26. The van der Waals surface area contributed by atoms with E-state index >= 15 is 0 Å². The van der Waals surface area contributed by atoms with Gasteiger partial charge in [0.1, 0.15) is 12.7 Å². The number of ether oxygens (including phenoxy) is 2. The number of aromatic amines is 1. The molecule has 0 spiro atoms. The average Bonchev–Trinajstić information content (AvgIpc) is 2.86. The first-order chi connectivity index (χ1) is 11.8. The molecule has 0 bridgehead atoms. The average molecular weight is 328 g/mol. The Morgan fingerprint density at radius 2 is 2.04 bits per heavy atom. The zero-order valence-electron chi connectivity index (χ0n) is 13.3. The maximum atomic E-state index is 12.2. The van der Waals surface area contributed by atoms with Crippen LogP contribution in [-0.2, 0) is 12.8 Å². The van der Waals surface area contributed by atoms with Crippen molar-refractivity contribution in [2.24, 2.45) is 0 Å². The number of para-hydroxylation sites is 2. The quantitative estimate of drug-likeness (QED) is 0.769. The molecule has 1 aromatic carbocycles. The molecule has 1 atom stereocenters. The number of nitrogens with one attached hydrogen (secondary N) is 3. The lowest BCUT2D eigenvalue weighted by Crippen LogP contribution is -2.36. The van der Waals surface area contributed by atoms with Gasteiger partial charge >= 0.3 is 0 Å². The van der Waals surface area contributed by atoms with Crippen molar-refractivity contribution in [1.29, 1.82) is 0 Å². The SMILES string of the molecule is O=c1[nH]c(NCC2COc3ccccc3O2)nc2c1CCNCC2. The molecule has 0 amide bonds. The Morgan fingerprint density at radius 1 is 1.21 bits per heavy atom. The summed E-state index contributed by atoms with van der Waals surface area (Å²) in [4.78, 5) is 19.6. The van der Waals surface area contributed by atoms with E-state index in [-0.39, 0.29) is 11.7 Å². The van der Waals surface area contributed by atoms with Crippen LogP contribution in [0, 0.1) is 0 Å². The van der Waals surface area contributed by atoms with E-state index in [4.69, 9.17) is 9.47 Å². The van der Waals surface area contributed by atoms with Gasteiger partial charge < -0.3 is 20.1 Å². The predicted molar refractivity (Wildman–Crippen MR) is 90.0 cm³/mol. The first-order valence-corrected chi connectivity index (χ1v) is 8.25. The first kappa shape index (κ1) is 15.0. The smallest absolute Gasteiger partial charge is 0.255 e. The van der Waals surface area contributed by atoms with Crippen molar-refractivity contribution in [3.63, 3.8) is 0 Å². The summed E-state index contributed by atoms with van der Waals surface area (Å²) in [5.74, 6) is 1.99. The molecule has 0 saturated heterocycles. The third kappa shape index (κ3) is 3.07. The van der Waals surface area contributed by atoms with Crippen molar-refractivity contribution >= 4 is 5.95 Å². The highest BCUT2D eigenvalue weighted by atomic mass is 16.6. The van der Waals surface area contributed by atoms with Gasteiger partial charge in [0.25, 0.3) is 5.56 Å². The molecular formula is C17H20N4O3. The number of aromatic nitrogens is 2. The lowest BCUT2D eigenvalue weighted by Gasteiger charge is -2.26. The molecule has 7 nitrogen and oxygen atoms in total. The highest BCUT2D eigenvalue weighted by Gasteiger charge is 2.21. The van der Waals surface area contributed by atoms with Crippen LogP contribution in [0.5, 0.6) is 11.5 Å². The molecule has 2 aliphatic rings. The summed E-state index contributed by atoms with van der Waals surface area (Å²) in [5, 5.41) is 6.45. The van der Waals surface area contributed by atoms with Crippen LogP contribution in [0.2, 0.25) is 0 Å². The molecule has 0 radical (unpaired) electrons. The minimum absolute atomic E-state index is 0.0580. The summed E-state index contributed by atoms with van der Waals surface area (Å²) in [7, 11) is 0. The Hall–Kier alpha value is -2.54. The molecular weight excluding hydrogens is 308 g/mol. The highest BCUT2D eigenvalue weighted by Crippen LogP contribution is 2.30. The number of hydrogen-bond acceptors (Lipinski definition) is 6. The van der Waals surface area contributed by atoms with Gasteiger partial charge in [-0.15, -0.1) is 0 Å². The first-order valence-electron chi connectivity index (χ1n) is 8.25. The van der Waals surface area contributed by atoms with Crippen molar-refractivity contribution < 1.29 is 9.47 Å².